The molecule has 0 heterocycles. The highest BCUT2D eigenvalue weighted by molar-refractivity contribution is 5.02. The fourth-order valence-corrected chi connectivity index (χ4v) is 1.12. The van der Waals surface area contributed by atoms with E-state index in [-0.39, 0.29) is 0 Å². The van der Waals surface area contributed by atoms with Crippen LogP contribution in [0.25, 0.3) is 0 Å². The van der Waals surface area contributed by atoms with Crippen LogP contribution >= 0.6 is 0 Å². The maximum absolute atomic E-state index is 8.91. The molecule has 0 radical (unpaired) electrons. The van der Waals surface area contributed by atoms with Gasteiger partial charge in [0, 0.05) is 33.4 Å². The second-order valence-electron chi connectivity index (χ2n) is 4.02. The van der Waals surface area contributed by atoms with Crippen LogP contribution in [0.15, 0.2) is 0 Å². The number of hydrogen-bond donors (Lipinski definition) is 1. The van der Waals surface area contributed by atoms with E-state index in [0.29, 0.717) is 39.5 Å². The molecule has 1 atom stereocenters. The van der Waals surface area contributed by atoms with Crippen molar-refractivity contribution in [3.05, 3.63) is 0 Å². The zero-order valence-electron chi connectivity index (χ0n) is 11.1. The Bertz CT molecular complexity index is 218. The molecule has 0 aliphatic carbocycles. The van der Waals surface area contributed by atoms with Crippen molar-refractivity contribution in [2.75, 3.05) is 47.2 Å². The van der Waals surface area contributed by atoms with Gasteiger partial charge >= 0.3 is 0 Å². The Kier molecular flexibility index (Phi) is 10.1. The van der Waals surface area contributed by atoms with Gasteiger partial charge in [-0.15, -0.1) is 0 Å². The van der Waals surface area contributed by atoms with E-state index in [1.165, 1.54) is 0 Å². The topological polar surface area (TPSA) is 63.5 Å². The lowest BCUT2D eigenvalue weighted by Crippen LogP contribution is -2.39. The first-order valence-electron chi connectivity index (χ1n) is 5.93. The molecule has 0 amide bonds. The Hall–Kier alpha value is -0.670. The minimum Gasteiger partial charge on any atom is -0.382 e. The molecule has 17 heavy (non-hydrogen) atoms. The van der Waals surface area contributed by atoms with Crippen LogP contribution < -0.4 is 5.32 Å². The lowest BCUT2D eigenvalue weighted by atomic mass is 10.0. The van der Waals surface area contributed by atoms with Gasteiger partial charge in [0.1, 0.15) is 5.54 Å². The fourth-order valence-electron chi connectivity index (χ4n) is 1.12. The summed E-state index contributed by atoms with van der Waals surface area (Å²) in [6.07, 6.45) is 1.55. The molecule has 0 saturated carbocycles. The Morgan fingerprint density at radius 2 is 1.76 bits per heavy atom. The van der Waals surface area contributed by atoms with Gasteiger partial charge in [0.15, 0.2) is 0 Å². The Labute approximate surface area is 104 Å². The summed E-state index contributed by atoms with van der Waals surface area (Å²) in [6, 6.07) is 2.22. The van der Waals surface area contributed by atoms with Crippen molar-refractivity contribution in [3.8, 4) is 6.07 Å². The first-order valence-corrected chi connectivity index (χ1v) is 5.93. The predicted octanol–water partition coefficient (Wildman–Crippen LogP) is 0.948. The van der Waals surface area contributed by atoms with E-state index in [4.69, 9.17) is 19.5 Å². The van der Waals surface area contributed by atoms with Gasteiger partial charge in [0.25, 0.3) is 0 Å². The molecule has 0 rings (SSSR count). The summed E-state index contributed by atoms with van der Waals surface area (Å²) >= 11 is 0. The molecular formula is C12H24N2O3. The standard InChI is InChI=1S/C12H24N2O3/c1-12(11-13,14-2)5-8-16-6-4-7-17-10-9-15-3/h14H,4-10H2,1-3H3. The summed E-state index contributed by atoms with van der Waals surface area (Å²) in [7, 11) is 3.44. The number of nitrogens with zero attached hydrogens (tertiary/aromatic N) is 1. The molecule has 0 aliphatic heterocycles. The molecule has 0 aromatic carbocycles. The third kappa shape index (κ3) is 9.07. The number of nitrogens with one attached hydrogen (secondary N) is 1. The summed E-state index contributed by atoms with van der Waals surface area (Å²) in [5, 5.41) is 11.9. The molecule has 0 bridgehead atoms. The number of hydrogen-bond acceptors (Lipinski definition) is 5. The van der Waals surface area contributed by atoms with Crippen molar-refractivity contribution >= 4 is 0 Å². The van der Waals surface area contributed by atoms with Crippen LogP contribution in [0.2, 0.25) is 0 Å². The van der Waals surface area contributed by atoms with Gasteiger partial charge in [-0.25, -0.2) is 0 Å². The molecule has 0 aliphatic rings. The van der Waals surface area contributed by atoms with Crippen molar-refractivity contribution in [3.63, 3.8) is 0 Å². The molecule has 1 unspecified atom stereocenters. The maximum Gasteiger partial charge on any atom is 0.105 e. The summed E-state index contributed by atoms with van der Waals surface area (Å²) in [5.74, 6) is 0. The van der Waals surface area contributed by atoms with E-state index in [1.54, 1.807) is 14.2 Å². The molecule has 5 heteroatoms. The minimum absolute atomic E-state index is 0.491. The van der Waals surface area contributed by atoms with Crippen LogP contribution in [-0.4, -0.2) is 52.7 Å². The van der Waals surface area contributed by atoms with Gasteiger partial charge in [-0.1, -0.05) is 0 Å². The zero-order chi connectivity index (χ0) is 13.0. The highest BCUT2D eigenvalue weighted by Crippen LogP contribution is 2.06. The summed E-state index contributed by atoms with van der Waals surface area (Å²) in [6.45, 7) is 5.06. The van der Waals surface area contributed by atoms with Gasteiger partial charge in [0.2, 0.25) is 0 Å². The number of ether oxygens (including phenoxy) is 3. The van der Waals surface area contributed by atoms with Gasteiger partial charge < -0.3 is 19.5 Å². The Balaban J connectivity index is 3.27. The minimum atomic E-state index is -0.491. The molecule has 0 saturated heterocycles. The molecule has 100 valence electrons. The van der Waals surface area contributed by atoms with Crippen molar-refractivity contribution in [1.82, 2.24) is 5.32 Å². The van der Waals surface area contributed by atoms with Crippen LogP contribution in [0.1, 0.15) is 19.8 Å². The molecule has 5 nitrogen and oxygen atoms in total. The van der Waals surface area contributed by atoms with Crippen LogP contribution in [0.4, 0.5) is 0 Å². The first-order chi connectivity index (χ1) is 8.18. The SMILES string of the molecule is CNC(C)(C#N)CCOCCCOCCOC. The molecule has 1 N–H and O–H groups in total. The van der Waals surface area contributed by atoms with Gasteiger partial charge in [-0.2, -0.15) is 5.26 Å². The largest absolute Gasteiger partial charge is 0.382 e. The average molecular weight is 244 g/mol. The van der Waals surface area contributed by atoms with E-state index < -0.39 is 5.54 Å². The fraction of sp³-hybridized carbons (Fsp3) is 0.917. The van der Waals surface area contributed by atoms with Gasteiger partial charge in [-0.05, 0) is 20.4 Å². The second-order valence-corrected chi connectivity index (χ2v) is 4.02. The van der Waals surface area contributed by atoms with Crippen LogP contribution in [0.5, 0.6) is 0 Å². The van der Waals surface area contributed by atoms with Gasteiger partial charge in [0.05, 0.1) is 19.3 Å². The smallest absolute Gasteiger partial charge is 0.105 e. The van der Waals surface area contributed by atoms with Crippen molar-refractivity contribution < 1.29 is 14.2 Å². The number of nitriles is 1. The van der Waals surface area contributed by atoms with E-state index in [1.807, 2.05) is 6.92 Å². The van der Waals surface area contributed by atoms with E-state index in [0.717, 1.165) is 6.42 Å². The van der Waals surface area contributed by atoms with Crippen LogP contribution in [0.3, 0.4) is 0 Å². The van der Waals surface area contributed by atoms with E-state index >= 15 is 0 Å². The summed E-state index contributed by atoms with van der Waals surface area (Å²) in [4.78, 5) is 0. The van der Waals surface area contributed by atoms with Crippen molar-refractivity contribution in [1.29, 1.82) is 5.26 Å². The maximum atomic E-state index is 8.91. The third-order valence-electron chi connectivity index (χ3n) is 2.55. The third-order valence-corrected chi connectivity index (χ3v) is 2.55. The zero-order valence-corrected chi connectivity index (χ0v) is 11.1. The quantitative estimate of drug-likeness (QED) is 0.548. The van der Waals surface area contributed by atoms with Gasteiger partial charge in [-0.3, -0.25) is 0 Å². The molecule has 0 aromatic heterocycles. The van der Waals surface area contributed by atoms with Crippen LogP contribution in [0, 0.1) is 11.3 Å². The average Bonchev–Trinajstić information content (AvgIpc) is 2.36. The number of rotatable bonds is 11. The Morgan fingerprint density at radius 1 is 1.12 bits per heavy atom. The first kappa shape index (κ1) is 16.3. The van der Waals surface area contributed by atoms with Crippen molar-refractivity contribution in [2.45, 2.75) is 25.3 Å². The molecule has 0 fully saturated rings. The monoisotopic (exact) mass is 244 g/mol. The Morgan fingerprint density at radius 3 is 2.29 bits per heavy atom. The van der Waals surface area contributed by atoms with E-state index in [9.17, 15) is 0 Å². The number of methoxy groups -OCH3 is 1. The second kappa shape index (κ2) is 10.5. The summed E-state index contributed by atoms with van der Waals surface area (Å²) in [5.41, 5.74) is -0.491. The normalized spacial score (nSPS) is 14.2. The molecule has 0 spiro atoms. The van der Waals surface area contributed by atoms with Crippen LogP contribution in [-0.2, 0) is 14.2 Å². The lowest BCUT2D eigenvalue weighted by Gasteiger charge is -2.20. The highest BCUT2D eigenvalue weighted by atomic mass is 16.5. The predicted molar refractivity (Wildman–Crippen MR) is 65.8 cm³/mol. The molecule has 0 aromatic rings. The highest BCUT2D eigenvalue weighted by Gasteiger charge is 2.20. The van der Waals surface area contributed by atoms with Crippen molar-refractivity contribution in [2.24, 2.45) is 0 Å². The van der Waals surface area contributed by atoms with E-state index in [2.05, 4.69) is 11.4 Å². The lowest BCUT2D eigenvalue weighted by molar-refractivity contribution is 0.0492. The molecular weight excluding hydrogens is 220 g/mol. The summed E-state index contributed by atoms with van der Waals surface area (Å²) < 4.78 is 15.6.